The standard InChI is InChI=1S/C21H24N4O2/c26-20(18-15-22-21(27)23-18)25-13-11-24(12-14-25)19(16-7-3-1-4-8-16)17-9-5-2-6-10-17/h1-10,18-19H,11-15H2,(H2,22,23,27). The highest BCUT2D eigenvalue weighted by Crippen LogP contribution is 2.29. The summed E-state index contributed by atoms with van der Waals surface area (Å²) in [5.74, 6) is 0.00368. The molecule has 2 aliphatic heterocycles. The van der Waals surface area contributed by atoms with E-state index in [0.717, 1.165) is 13.1 Å². The van der Waals surface area contributed by atoms with E-state index in [2.05, 4.69) is 64.1 Å². The van der Waals surface area contributed by atoms with Crippen LogP contribution in [0.3, 0.4) is 0 Å². The molecule has 1 atom stereocenters. The number of rotatable bonds is 4. The van der Waals surface area contributed by atoms with Crippen LogP contribution in [0.4, 0.5) is 4.79 Å². The minimum absolute atomic E-state index is 0.00368. The second-order valence-electron chi connectivity index (χ2n) is 6.99. The summed E-state index contributed by atoms with van der Waals surface area (Å²) < 4.78 is 0. The van der Waals surface area contributed by atoms with Crippen LogP contribution >= 0.6 is 0 Å². The fourth-order valence-electron chi connectivity index (χ4n) is 3.91. The van der Waals surface area contributed by atoms with E-state index in [-0.39, 0.29) is 18.0 Å². The molecule has 2 aromatic carbocycles. The molecule has 2 heterocycles. The molecule has 0 spiro atoms. The lowest BCUT2D eigenvalue weighted by molar-refractivity contribution is -0.134. The monoisotopic (exact) mass is 364 g/mol. The predicted octanol–water partition coefficient (Wildman–Crippen LogP) is 1.60. The Hall–Kier alpha value is -2.86. The number of amides is 3. The van der Waals surface area contributed by atoms with Gasteiger partial charge in [-0.2, -0.15) is 0 Å². The van der Waals surface area contributed by atoms with E-state index in [1.807, 2.05) is 17.0 Å². The first-order chi connectivity index (χ1) is 13.2. The Morgan fingerprint density at radius 3 is 1.93 bits per heavy atom. The second-order valence-corrected chi connectivity index (χ2v) is 6.99. The third-order valence-electron chi connectivity index (χ3n) is 5.29. The first-order valence-corrected chi connectivity index (χ1v) is 9.39. The molecule has 0 radical (unpaired) electrons. The maximum atomic E-state index is 12.6. The van der Waals surface area contributed by atoms with Crippen molar-refractivity contribution in [3.63, 3.8) is 0 Å². The first-order valence-electron chi connectivity index (χ1n) is 9.39. The van der Waals surface area contributed by atoms with Gasteiger partial charge in [-0.3, -0.25) is 9.69 Å². The van der Waals surface area contributed by atoms with Gasteiger partial charge in [-0.1, -0.05) is 60.7 Å². The van der Waals surface area contributed by atoms with Crippen LogP contribution in [0.25, 0.3) is 0 Å². The lowest BCUT2D eigenvalue weighted by Gasteiger charge is -2.40. The third kappa shape index (κ3) is 3.80. The summed E-state index contributed by atoms with van der Waals surface area (Å²) in [6, 6.07) is 20.5. The van der Waals surface area contributed by atoms with Crippen molar-refractivity contribution in [2.45, 2.75) is 12.1 Å². The van der Waals surface area contributed by atoms with Crippen LogP contribution in [0.5, 0.6) is 0 Å². The summed E-state index contributed by atoms with van der Waals surface area (Å²) in [4.78, 5) is 28.2. The van der Waals surface area contributed by atoms with Crippen molar-refractivity contribution in [3.8, 4) is 0 Å². The highest BCUT2D eigenvalue weighted by atomic mass is 16.2. The molecule has 2 N–H and O–H groups in total. The zero-order valence-corrected chi connectivity index (χ0v) is 15.2. The zero-order chi connectivity index (χ0) is 18.6. The first kappa shape index (κ1) is 17.5. The molecular weight excluding hydrogens is 340 g/mol. The SMILES string of the molecule is O=C1NCC(C(=O)N2CCN(C(c3ccccc3)c3ccccc3)CC2)N1. The van der Waals surface area contributed by atoms with Crippen LogP contribution in [0.15, 0.2) is 60.7 Å². The molecule has 0 bridgehead atoms. The molecular formula is C21H24N4O2. The van der Waals surface area contributed by atoms with Gasteiger partial charge in [0, 0.05) is 32.7 Å². The van der Waals surface area contributed by atoms with Crippen LogP contribution in [0, 0.1) is 0 Å². The van der Waals surface area contributed by atoms with Crippen LogP contribution in [0.2, 0.25) is 0 Å². The van der Waals surface area contributed by atoms with E-state index in [4.69, 9.17) is 0 Å². The Bertz CT molecular complexity index is 749. The molecule has 27 heavy (non-hydrogen) atoms. The van der Waals surface area contributed by atoms with E-state index < -0.39 is 6.04 Å². The highest BCUT2D eigenvalue weighted by molar-refractivity contribution is 5.90. The lowest BCUT2D eigenvalue weighted by Crippen LogP contribution is -2.54. The molecule has 2 aromatic rings. The number of nitrogens with one attached hydrogen (secondary N) is 2. The van der Waals surface area contributed by atoms with Crippen molar-refractivity contribution in [1.29, 1.82) is 0 Å². The second kappa shape index (κ2) is 7.80. The summed E-state index contributed by atoms with van der Waals surface area (Å²) >= 11 is 0. The molecule has 6 heteroatoms. The van der Waals surface area contributed by atoms with Crippen LogP contribution in [0.1, 0.15) is 17.2 Å². The molecule has 140 valence electrons. The molecule has 6 nitrogen and oxygen atoms in total. The van der Waals surface area contributed by atoms with Crippen molar-refractivity contribution >= 4 is 11.9 Å². The topological polar surface area (TPSA) is 64.7 Å². The minimum Gasteiger partial charge on any atom is -0.338 e. The highest BCUT2D eigenvalue weighted by Gasteiger charge is 2.33. The molecule has 3 amide bonds. The number of carbonyl (C=O) groups is 2. The van der Waals surface area contributed by atoms with Gasteiger partial charge in [0.05, 0.1) is 6.04 Å². The molecule has 1 unspecified atom stereocenters. The minimum atomic E-state index is -0.442. The molecule has 4 rings (SSSR count). The average Bonchev–Trinajstić information content (AvgIpc) is 3.16. The van der Waals surface area contributed by atoms with Gasteiger partial charge in [0.15, 0.2) is 0 Å². The molecule has 2 aliphatic rings. The summed E-state index contributed by atoms with van der Waals surface area (Å²) in [6.45, 7) is 3.31. The quantitative estimate of drug-likeness (QED) is 0.866. The van der Waals surface area contributed by atoms with Gasteiger partial charge in [-0.15, -0.1) is 0 Å². The Morgan fingerprint density at radius 1 is 0.889 bits per heavy atom. The predicted molar refractivity (Wildman–Crippen MR) is 103 cm³/mol. The fraction of sp³-hybridized carbons (Fsp3) is 0.333. The Labute approximate surface area is 159 Å². The van der Waals surface area contributed by atoms with E-state index in [9.17, 15) is 9.59 Å². The number of carbonyl (C=O) groups excluding carboxylic acids is 2. The van der Waals surface area contributed by atoms with Gasteiger partial charge in [-0.05, 0) is 11.1 Å². The summed E-state index contributed by atoms with van der Waals surface area (Å²) in [5.41, 5.74) is 2.52. The number of hydrogen-bond acceptors (Lipinski definition) is 3. The Kier molecular flexibility index (Phi) is 5.07. The van der Waals surface area contributed by atoms with Gasteiger partial charge in [0.25, 0.3) is 0 Å². The Morgan fingerprint density at radius 2 is 1.44 bits per heavy atom. The van der Waals surface area contributed by atoms with Crippen molar-refractivity contribution in [3.05, 3.63) is 71.8 Å². The normalized spacial score (nSPS) is 20.4. The summed E-state index contributed by atoms with van der Waals surface area (Å²) in [7, 11) is 0. The smallest absolute Gasteiger partial charge is 0.315 e. The van der Waals surface area contributed by atoms with Gasteiger partial charge in [-0.25, -0.2) is 4.79 Å². The fourth-order valence-corrected chi connectivity index (χ4v) is 3.91. The van der Waals surface area contributed by atoms with Gasteiger partial charge in [0.1, 0.15) is 6.04 Å². The molecule has 0 aromatic heterocycles. The molecule has 0 aliphatic carbocycles. The largest absolute Gasteiger partial charge is 0.338 e. The summed E-state index contributed by atoms with van der Waals surface area (Å²) in [6.07, 6.45) is 0. The van der Waals surface area contributed by atoms with Gasteiger partial charge in [0.2, 0.25) is 5.91 Å². The molecule has 2 saturated heterocycles. The van der Waals surface area contributed by atoms with Crippen molar-refractivity contribution < 1.29 is 9.59 Å². The van der Waals surface area contributed by atoms with Gasteiger partial charge >= 0.3 is 6.03 Å². The van der Waals surface area contributed by atoms with E-state index in [1.165, 1.54) is 11.1 Å². The summed E-state index contributed by atoms with van der Waals surface area (Å²) in [5, 5.41) is 5.33. The number of urea groups is 1. The maximum Gasteiger partial charge on any atom is 0.315 e. The van der Waals surface area contributed by atoms with Crippen LogP contribution in [-0.4, -0.2) is 60.5 Å². The van der Waals surface area contributed by atoms with E-state index in [0.29, 0.717) is 19.6 Å². The average molecular weight is 364 g/mol. The number of piperazine rings is 1. The lowest BCUT2D eigenvalue weighted by atomic mass is 9.96. The zero-order valence-electron chi connectivity index (χ0n) is 15.2. The van der Waals surface area contributed by atoms with Crippen LogP contribution < -0.4 is 10.6 Å². The van der Waals surface area contributed by atoms with E-state index in [1.54, 1.807) is 0 Å². The Balaban J connectivity index is 1.47. The molecule has 0 saturated carbocycles. The number of benzene rings is 2. The van der Waals surface area contributed by atoms with Crippen LogP contribution in [-0.2, 0) is 4.79 Å². The third-order valence-corrected chi connectivity index (χ3v) is 5.29. The van der Waals surface area contributed by atoms with Crippen molar-refractivity contribution in [1.82, 2.24) is 20.4 Å². The molecule has 2 fully saturated rings. The van der Waals surface area contributed by atoms with Crippen molar-refractivity contribution in [2.24, 2.45) is 0 Å². The number of hydrogen-bond donors (Lipinski definition) is 2. The van der Waals surface area contributed by atoms with E-state index >= 15 is 0 Å². The van der Waals surface area contributed by atoms with Gasteiger partial charge < -0.3 is 15.5 Å². The number of nitrogens with zero attached hydrogens (tertiary/aromatic N) is 2. The maximum absolute atomic E-state index is 12.6. The van der Waals surface area contributed by atoms with Crippen molar-refractivity contribution in [2.75, 3.05) is 32.7 Å².